The summed E-state index contributed by atoms with van der Waals surface area (Å²) in [5, 5.41) is 12.7. The van der Waals surface area contributed by atoms with Crippen molar-refractivity contribution in [2.24, 2.45) is 0 Å². The van der Waals surface area contributed by atoms with E-state index in [-0.39, 0.29) is 12.0 Å². The molecule has 0 aliphatic heterocycles. The molecule has 0 aliphatic carbocycles. The number of benzene rings is 1. The first-order chi connectivity index (χ1) is 10.1. The number of nitrogens with zero attached hydrogens (tertiary/aromatic N) is 3. The van der Waals surface area contributed by atoms with Crippen LogP contribution < -0.4 is 5.56 Å². The van der Waals surface area contributed by atoms with Crippen molar-refractivity contribution in [2.75, 3.05) is 0 Å². The Kier molecular flexibility index (Phi) is 3.27. The largest absolute Gasteiger partial charge is 0.481 e. The zero-order chi connectivity index (χ0) is 14.8. The van der Waals surface area contributed by atoms with E-state index in [1.807, 2.05) is 12.1 Å². The third-order valence-electron chi connectivity index (χ3n) is 3.27. The van der Waals surface area contributed by atoms with Gasteiger partial charge in [-0.1, -0.05) is 24.3 Å². The van der Waals surface area contributed by atoms with Crippen molar-refractivity contribution in [1.29, 1.82) is 0 Å². The monoisotopic (exact) mass is 283 g/mol. The minimum absolute atomic E-state index is 0.00200. The smallest absolute Gasteiger partial charge is 0.307 e. The maximum absolute atomic E-state index is 12.2. The van der Waals surface area contributed by atoms with Gasteiger partial charge in [-0.3, -0.25) is 9.59 Å². The Labute approximate surface area is 119 Å². The number of carboxylic acid groups (broad SMARTS) is 1. The van der Waals surface area contributed by atoms with Crippen molar-refractivity contribution < 1.29 is 9.90 Å². The lowest BCUT2D eigenvalue weighted by atomic mass is 10.1. The van der Waals surface area contributed by atoms with Crippen molar-refractivity contribution >= 4 is 11.5 Å². The van der Waals surface area contributed by atoms with Crippen LogP contribution in [-0.2, 0) is 17.8 Å². The maximum atomic E-state index is 12.2. The fourth-order valence-electron chi connectivity index (χ4n) is 2.22. The van der Waals surface area contributed by atoms with Gasteiger partial charge in [-0.05, 0) is 17.2 Å². The Morgan fingerprint density at radius 3 is 2.52 bits per heavy atom. The fraction of sp³-hybridized carbons (Fsp3) is 0.133. The SMILES string of the molecule is O=C(O)Cc1ccc(Cn2ccn3nccc3c2=O)cc1. The first-order valence-corrected chi connectivity index (χ1v) is 6.46. The molecule has 1 N–H and O–H groups in total. The summed E-state index contributed by atoms with van der Waals surface area (Å²) < 4.78 is 3.14. The fourth-order valence-corrected chi connectivity index (χ4v) is 2.22. The van der Waals surface area contributed by atoms with E-state index in [4.69, 9.17) is 5.11 Å². The summed E-state index contributed by atoms with van der Waals surface area (Å²) in [6.45, 7) is 0.438. The number of aromatic nitrogens is 3. The molecule has 0 aliphatic rings. The highest BCUT2D eigenvalue weighted by molar-refractivity contribution is 5.70. The van der Waals surface area contributed by atoms with Crippen molar-refractivity contribution in [3.8, 4) is 0 Å². The molecule has 0 bridgehead atoms. The second-order valence-electron chi connectivity index (χ2n) is 4.78. The number of carboxylic acids is 1. The summed E-state index contributed by atoms with van der Waals surface area (Å²) in [7, 11) is 0. The van der Waals surface area contributed by atoms with Crippen LogP contribution in [0.3, 0.4) is 0 Å². The van der Waals surface area contributed by atoms with Gasteiger partial charge in [0.25, 0.3) is 5.56 Å². The normalized spacial score (nSPS) is 10.9. The summed E-state index contributed by atoms with van der Waals surface area (Å²) in [6, 6.07) is 8.89. The van der Waals surface area contributed by atoms with Gasteiger partial charge >= 0.3 is 5.97 Å². The molecule has 3 aromatic rings. The number of carbonyl (C=O) groups is 1. The summed E-state index contributed by atoms with van der Waals surface area (Å²) >= 11 is 0. The molecule has 0 fully saturated rings. The zero-order valence-electron chi connectivity index (χ0n) is 11.1. The zero-order valence-corrected chi connectivity index (χ0v) is 11.1. The average Bonchev–Trinajstić information content (AvgIpc) is 2.93. The minimum Gasteiger partial charge on any atom is -0.481 e. The maximum Gasteiger partial charge on any atom is 0.307 e. The summed E-state index contributed by atoms with van der Waals surface area (Å²) in [5.41, 5.74) is 2.10. The Morgan fingerprint density at radius 1 is 1.10 bits per heavy atom. The van der Waals surface area contributed by atoms with E-state index in [2.05, 4.69) is 5.10 Å². The van der Waals surface area contributed by atoms with Gasteiger partial charge in [-0.25, -0.2) is 4.52 Å². The van der Waals surface area contributed by atoms with Gasteiger partial charge in [0, 0.05) is 12.4 Å². The van der Waals surface area contributed by atoms with Crippen molar-refractivity contribution in [3.63, 3.8) is 0 Å². The molecule has 3 rings (SSSR count). The lowest BCUT2D eigenvalue weighted by Gasteiger charge is -2.07. The van der Waals surface area contributed by atoms with Crippen LogP contribution in [-0.4, -0.2) is 25.3 Å². The highest BCUT2D eigenvalue weighted by Gasteiger charge is 2.05. The van der Waals surface area contributed by atoms with Crippen molar-refractivity contribution in [2.45, 2.75) is 13.0 Å². The summed E-state index contributed by atoms with van der Waals surface area (Å²) in [4.78, 5) is 22.9. The highest BCUT2D eigenvalue weighted by Crippen LogP contribution is 2.07. The molecule has 21 heavy (non-hydrogen) atoms. The molecule has 0 saturated heterocycles. The van der Waals surface area contributed by atoms with Crippen LogP contribution in [0.4, 0.5) is 0 Å². The van der Waals surface area contributed by atoms with Gasteiger partial charge in [0.2, 0.25) is 0 Å². The van der Waals surface area contributed by atoms with E-state index in [1.54, 1.807) is 41.4 Å². The van der Waals surface area contributed by atoms with Crippen LogP contribution in [0.1, 0.15) is 11.1 Å². The number of hydrogen-bond acceptors (Lipinski definition) is 3. The van der Waals surface area contributed by atoms with Gasteiger partial charge in [0.05, 0.1) is 19.2 Å². The average molecular weight is 283 g/mol. The number of rotatable bonds is 4. The molecule has 2 aromatic heterocycles. The predicted molar refractivity (Wildman–Crippen MR) is 76.3 cm³/mol. The van der Waals surface area contributed by atoms with E-state index in [0.29, 0.717) is 12.1 Å². The third kappa shape index (κ3) is 2.69. The quantitative estimate of drug-likeness (QED) is 0.779. The molecule has 0 radical (unpaired) electrons. The standard InChI is InChI=1S/C15H13N3O3/c19-14(20)9-11-1-3-12(4-2-11)10-17-7-8-18-13(15(17)21)5-6-16-18/h1-8H,9-10H2,(H,19,20). The van der Waals surface area contributed by atoms with E-state index in [9.17, 15) is 9.59 Å². The van der Waals surface area contributed by atoms with Crippen LogP contribution in [0.2, 0.25) is 0 Å². The molecule has 0 spiro atoms. The van der Waals surface area contributed by atoms with Gasteiger partial charge in [-0.2, -0.15) is 5.10 Å². The second-order valence-corrected chi connectivity index (χ2v) is 4.78. The molecule has 0 atom stereocenters. The Balaban J connectivity index is 1.86. The molecule has 1 aromatic carbocycles. The highest BCUT2D eigenvalue weighted by atomic mass is 16.4. The van der Waals surface area contributed by atoms with Gasteiger partial charge in [0.1, 0.15) is 5.52 Å². The number of aliphatic carboxylic acids is 1. The molecular weight excluding hydrogens is 270 g/mol. The molecule has 6 nitrogen and oxygen atoms in total. The van der Waals surface area contributed by atoms with Gasteiger partial charge < -0.3 is 9.67 Å². The van der Waals surface area contributed by atoms with Crippen molar-refractivity contribution in [1.82, 2.24) is 14.2 Å². The Morgan fingerprint density at radius 2 is 1.81 bits per heavy atom. The van der Waals surface area contributed by atoms with Crippen LogP contribution in [0, 0.1) is 0 Å². The Hall–Kier alpha value is -2.89. The molecular formula is C15H13N3O3. The van der Waals surface area contributed by atoms with Gasteiger partial charge in [-0.15, -0.1) is 0 Å². The molecule has 0 saturated carbocycles. The first-order valence-electron chi connectivity index (χ1n) is 6.46. The molecule has 0 unspecified atom stereocenters. The van der Waals surface area contributed by atoms with E-state index in [1.165, 1.54) is 4.52 Å². The van der Waals surface area contributed by atoms with Crippen LogP contribution in [0.15, 0.2) is 53.7 Å². The third-order valence-corrected chi connectivity index (χ3v) is 3.27. The second kappa shape index (κ2) is 5.24. The number of fused-ring (bicyclic) bond motifs is 1. The summed E-state index contributed by atoms with van der Waals surface area (Å²) in [6.07, 6.45) is 5.01. The van der Waals surface area contributed by atoms with Gasteiger partial charge in [0.15, 0.2) is 0 Å². The predicted octanol–water partition coefficient (Wildman–Crippen LogP) is 1.17. The summed E-state index contributed by atoms with van der Waals surface area (Å²) in [5.74, 6) is -0.856. The topological polar surface area (TPSA) is 76.6 Å². The minimum atomic E-state index is -0.856. The van der Waals surface area contributed by atoms with Crippen LogP contribution >= 0.6 is 0 Å². The lowest BCUT2D eigenvalue weighted by Crippen LogP contribution is -2.21. The molecule has 6 heteroatoms. The number of hydrogen-bond donors (Lipinski definition) is 1. The van der Waals surface area contributed by atoms with Crippen LogP contribution in [0.25, 0.3) is 5.52 Å². The first kappa shape index (κ1) is 13.1. The Bertz CT molecular complexity index is 846. The van der Waals surface area contributed by atoms with Crippen molar-refractivity contribution in [3.05, 3.63) is 70.4 Å². The molecule has 2 heterocycles. The molecule has 0 amide bonds. The molecule has 106 valence electrons. The lowest BCUT2D eigenvalue weighted by molar-refractivity contribution is -0.136. The van der Waals surface area contributed by atoms with E-state index in [0.717, 1.165) is 11.1 Å². The van der Waals surface area contributed by atoms with Crippen LogP contribution in [0.5, 0.6) is 0 Å². The van der Waals surface area contributed by atoms with E-state index >= 15 is 0 Å². The van der Waals surface area contributed by atoms with E-state index < -0.39 is 5.97 Å².